The van der Waals surface area contributed by atoms with Crippen molar-refractivity contribution in [1.82, 2.24) is 15.2 Å². The lowest BCUT2D eigenvalue weighted by molar-refractivity contribution is 0.646. The fourth-order valence-electron chi connectivity index (χ4n) is 2.96. The molecule has 1 aliphatic rings. The van der Waals surface area contributed by atoms with E-state index < -0.39 is 0 Å². The van der Waals surface area contributed by atoms with Gasteiger partial charge in [0.15, 0.2) is 5.96 Å². The van der Waals surface area contributed by atoms with E-state index in [-0.39, 0.29) is 5.41 Å². The number of nitrogens with zero attached hydrogens (tertiary/aromatic N) is 2. The highest BCUT2D eigenvalue weighted by molar-refractivity contribution is 6.30. The van der Waals surface area contributed by atoms with Crippen LogP contribution in [0.1, 0.15) is 30.9 Å². The molecule has 2 N–H and O–H groups in total. The molecule has 0 bridgehead atoms. The van der Waals surface area contributed by atoms with Gasteiger partial charge in [-0.1, -0.05) is 23.7 Å². The summed E-state index contributed by atoms with van der Waals surface area (Å²) in [5, 5.41) is 7.65. The minimum absolute atomic E-state index is 0.202. The number of aliphatic imine (C=N–C) groups is 1. The number of nitrogens with one attached hydrogen (secondary N) is 2. The Bertz CT molecular complexity index is 716. The van der Waals surface area contributed by atoms with E-state index in [9.17, 15) is 0 Å². The molecule has 4 nitrogen and oxygen atoms in total. The van der Waals surface area contributed by atoms with Crippen molar-refractivity contribution < 1.29 is 0 Å². The van der Waals surface area contributed by atoms with Crippen molar-refractivity contribution in [2.75, 3.05) is 13.1 Å². The average Bonchev–Trinajstić information content (AvgIpc) is 3.25. The molecular formula is C19H25ClN4. The van der Waals surface area contributed by atoms with E-state index in [1.165, 1.54) is 24.0 Å². The Balaban J connectivity index is 1.63. The van der Waals surface area contributed by atoms with Gasteiger partial charge in [0.05, 0.1) is 6.54 Å². The van der Waals surface area contributed by atoms with E-state index in [2.05, 4.69) is 42.0 Å². The number of halogens is 1. The zero-order valence-electron chi connectivity index (χ0n) is 14.3. The molecule has 0 radical (unpaired) electrons. The van der Waals surface area contributed by atoms with Crippen molar-refractivity contribution in [2.45, 2.75) is 31.7 Å². The highest BCUT2D eigenvalue weighted by Gasteiger charge is 2.44. The number of hydrogen-bond acceptors (Lipinski definition) is 1. The SMILES string of the molecule is CCNC(=NCc1ccn(C)c1)NCC1(c2cccc(Cl)c2)CC1. The van der Waals surface area contributed by atoms with Crippen LogP contribution in [-0.2, 0) is 19.0 Å². The molecule has 0 saturated heterocycles. The first-order valence-corrected chi connectivity index (χ1v) is 8.88. The molecular weight excluding hydrogens is 320 g/mol. The van der Waals surface area contributed by atoms with Crippen LogP contribution in [0.3, 0.4) is 0 Å². The van der Waals surface area contributed by atoms with Crippen molar-refractivity contribution >= 4 is 17.6 Å². The second-order valence-electron chi connectivity index (χ2n) is 6.52. The Kier molecular flexibility index (Phi) is 5.14. The van der Waals surface area contributed by atoms with Crippen LogP contribution in [-0.4, -0.2) is 23.6 Å². The Morgan fingerprint density at radius 1 is 1.29 bits per heavy atom. The van der Waals surface area contributed by atoms with Crippen molar-refractivity contribution in [2.24, 2.45) is 12.0 Å². The first kappa shape index (κ1) is 16.9. The normalized spacial score (nSPS) is 16.0. The zero-order valence-corrected chi connectivity index (χ0v) is 15.1. The minimum atomic E-state index is 0.202. The van der Waals surface area contributed by atoms with Gasteiger partial charge < -0.3 is 15.2 Å². The van der Waals surface area contributed by atoms with Crippen molar-refractivity contribution in [1.29, 1.82) is 0 Å². The molecule has 1 fully saturated rings. The molecule has 128 valence electrons. The van der Waals surface area contributed by atoms with E-state index in [1.807, 2.05) is 29.9 Å². The topological polar surface area (TPSA) is 41.4 Å². The van der Waals surface area contributed by atoms with Crippen molar-refractivity contribution in [3.8, 4) is 0 Å². The summed E-state index contributed by atoms with van der Waals surface area (Å²) in [6, 6.07) is 10.3. The van der Waals surface area contributed by atoms with Gasteiger partial charge in [0, 0.05) is 43.0 Å². The summed E-state index contributed by atoms with van der Waals surface area (Å²) < 4.78 is 2.05. The summed E-state index contributed by atoms with van der Waals surface area (Å²) in [4.78, 5) is 4.69. The molecule has 0 unspecified atom stereocenters. The molecule has 3 rings (SSSR count). The number of benzene rings is 1. The molecule has 1 aromatic carbocycles. The third-order valence-electron chi connectivity index (χ3n) is 4.54. The summed E-state index contributed by atoms with van der Waals surface area (Å²) in [7, 11) is 2.03. The van der Waals surface area contributed by atoms with Crippen molar-refractivity contribution in [3.63, 3.8) is 0 Å². The molecule has 1 heterocycles. The smallest absolute Gasteiger partial charge is 0.191 e. The predicted molar refractivity (Wildman–Crippen MR) is 101 cm³/mol. The maximum Gasteiger partial charge on any atom is 0.191 e. The molecule has 1 aromatic heterocycles. The molecule has 1 saturated carbocycles. The van der Waals surface area contributed by atoms with Gasteiger partial charge >= 0.3 is 0 Å². The van der Waals surface area contributed by atoms with Crippen LogP contribution >= 0.6 is 11.6 Å². The van der Waals surface area contributed by atoms with E-state index in [0.717, 1.165) is 24.1 Å². The van der Waals surface area contributed by atoms with Crippen LogP contribution in [0.25, 0.3) is 0 Å². The number of aromatic nitrogens is 1. The lowest BCUT2D eigenvalue weighted by atomic mass is 9.96. The largest absolute Gasteiger partial charge is 0.357 e. The van der Waals surface area contributed by atoms with Gasteiger partial charge in [-0.15, -0.1) is 0 Å². The van der Waals surface area contributed by atoms with Crippen LogP contribution < -0.4 is 10.6 Å². The third-order valence-corrected chi connectivity index (χ3v) is 4.78. The van der Waals surface area contributed by atoms with Gasteiger partial charge in [-0.05, 0) is 49.1 Å². The Morgan fingerprint density at radius 3 is 2.75 bits per heavy atom. The fraction of sp³-hybridized carbons (Fsp3) is 0.421. The monoisotopic (exact) mass is 344 g/mol. The minimum Gasteiger partial charge on any atom is -0.357 e. The highest BCUT2D eigenvalue weighted by Crippen LogP contribution is 2.48. The highest BCUT2D eigenvalue weighted by atomic mass is 35.5. The number of aryl methyl sites for hydroxylation is 1. The zero-order chi connectivity index (χ0) is 17.0. The Labute approximate surface area is 148 Å². The molecule has 24 heavy (non-hydrogen) atoms. The average molecular weight is 345 g/mol. The summed E-state index contributed by atoms with van der Waals surface area (Å²) >= 11 is 6.15. The lowest BCUT2D eigenvalue weighted by Crippen LogP contribution is -2.41. The second kappa shape index (κ2) is 7.31. The van der Waals surface area contributed by atoms with E-state index >= 15 is 0 Å². The van der Waals surface area contributed by atoms with Gasteiger partial charge in [-0.3, -0.25) is 0 Å². The second-order valence-corrected chi connectivity index (χ2v) is 6.96. The third kappa shape index (κ3) is 4.12. The first-order valence-electron chi connectivity index (χ1n) is 8.50. The van der Waals surface area contributed by atoms with E-state index in [1.54, 1.807) is 0 Å². The Hall–Kier alpha value is -1.94. The maximum absolute atomic E-state index is 6.15. The van der Waals surface area contributed by atoms with Gasteiger partial charge in [0.2, 0.25) is 0 Å². The fourth-order valence-corrected chi connectivity index (χ4v) is 3.15. The molecule has 0 spiro atoms. The predicted octanol–water partition coefficient (Wildman–Crippen LogP) is 3.47. The van der Waals surface area contributed by atoms with E-state index in [4.69, 9.17) is 16.6 Å². The van der Waals surface area contributed by atoms with Crippen LogP contribution in [0, 0.1) is 0 Å². The summed E-state index contributed by atoms with van der Waals surface area (Å²) in [6.45, 7) is 4.50. The number of hydrogen-bond donors (Lipinski definition) is 2. The molecule has 0 aliphatic heterocycles. The van der Waals surface area contributed by atoms with Crippen LogP contribution in [0.4, 0.5) is 0 Å². The number of guanidine groups is 1. The molecule has 0 amide bonds. The van der Waals surface area contributed by atoms with Gasteiger partial charge in [0.25, 0.3) is 0 Å². The summed E-state index contributed by atoms with van der Waals surface area (Å²) in [6.07, 6.45) is 6.53. The standard InChI is InChI=1S/C19H25ClN4/c1-3-21-18(22-12-15-7-10-24(2)13-15)23-14-19(8-9-19)16-5-4-6-17(20)11-16/h4-7,10-11,13H,3,8-9,12,14H2,1-2H3,(H2,21,22,23). The quantitative estimate of drug-likeness (QED) is 0.622. The van der Waals surface area contributed by atoms with Gasteiger partial charge in [-0.25, -0.2) is 4.99 Å². The van der Waals surface area contributed by atoms with Gasteiger partial charge in [-0.2, -0.15) is 0 Å². The molecule has 2 aromatic rings. The lowest BCUT2D eigenvalue weighted by Gasteiger charge is -2.19. The molecule has 0 atom stereocenters. The van der Waals surface area contributed by atoms with E-state index in [0.29, 0.717) is 6.54 Å². The van der Waals surface area contributed by atoms with Gasteiger partial charge in [0.1, 0.15) is 0 Å². The molecule has 1 aliphatic carbocycles. The van der Waals surface area contributed by atoms with Crippen LogP contribution in [0.15, 0.2) is 47.7 Å². The van der Waals surface area contributed by atoms with Crippen LogP contribution in [0.5, 0.6) is 0 Å². The first-order chi connectivity index (χ1) is 11.6. The van der Waals surface area contributed by atoms with Crippen LogP contribution in [0.2, 0.25) is 5.02 Å². The maximum atomic E-state index is 6.15. The summed E-state index contributed by atoms with van der Waals surface area (Å²) in [5.41, 5.74) is 2.74. The number of rotatable bonds is 6. The van der Waals surface area contributed by atoms with Crippen molar-refractivity contribution in [3.05, 3.63) is 58.9 Å². The summed E-state index contributed by atoms with van der Waals surface area (Å²) in [5.74, 6) is 0.870. The molecule has 5 heteroatoms. The Morgan fingerprint density at radius 2 is 2.12 bits per heavy atom.